The first-order valence-corrected chi connectivity index (χ1v) is 10.9. The predicted molar refractivity (Wildman–Crippen MR) is 122 cm³/mol. The van der Waals surface area contributed by atoms with E-state index in [1.807, 2.05) is 37.3 Å². The molecule has 1 aliphatic rings. The summed E-state index contributed by atoms with van der Waals surface area (Å²) in [5, 5.41) is 12.9. The second-order valence-electron chi connectivity index (χ2n) is 6.65. The van der Waals surface area contributed by atoms with E-state index >= 15 is 0 Å². The Labute approximate surface area is 189 Å². The first-order valence-electron chi connectivity index (χ1n) is 9.29. The van der Waals surface area contributed by atoms with Gasteiger partial charge in [0.15, 0.2) is 0 Å². The van der Waals surface area contributed by atoms with Crippen LogP contribution >= 0.6 is 35.0 Å². The summed E-state index contributed by atoms with van der Waals surface area (Å²) in [7, 11) is 1.45. The van der Waals surface area contributed by atoms with E-state index in [0.717, 1.165) is 17.5 Å². The fourth-order valence-corrected chi connectivity index (χ4v) is 5.05. The van der Waals surface area contributed by atoms with Crippen molar-refractivity contribution in [1.29, 1.82) is 5.26 Å². The normalized spacial score (nSPS) is 17.6. The fraction of sp³-hybridized carbons (Fsp3) is 0.227. The van der Waals surface area contributed by atoms with Crippen LogP contribution < -0.4 is 10.2 Å². The van der Waals surface area contributed by atoms with Crippen LogP contribution in [-0.4, -0.2) is 24.1 Å². The molecule has 0 aromatic heterocycles. The second-order valence-corrected chi connectivity index (χ2v) is 8.72. The lowest BCUT2D eigenvalue weighted by atomic mass is 10.1. The summed E-state index contributed by atoms with van der Waals surface area (Å²) in [6.07, 6.45) is 1.23. The summed E-state index contributed by atoms with van der Waals surface area (Å²) in [6.45, 7) is 2.04. The third kappa shape index (κ3) is 4.65. The maximum Gasteiger partial charge on any atom is 0.264 e. The molecule has 5 nitrogen and oxygen atoms in total. The van der Waals surface area contributed by atoms with Crippen molar-refractivity contribution in [3.05, 3.63) is 74.2 Å². The Hall–Kier alpha value is -2.46. The molecule has 1 aliphatic heterocycles. The molecule has 0 saturated carbocycles. The van der Waals surface area contributed by atoms with Crippen molar-refractivity contribution in [2.24, 2.45) is 0 Å². The number of aryl methyl sites for hydroxylation is 1. The van der Waals surface area contributed by atoms with E-state index in [0.29, 0.717) is 27.2 Å². The van der Waals surface area contributed by atoms with Crippen molar-refractivity contribution >= 4 is 52.5 Å². The minimum atomic E-state index is -0.533. The monoisotopic (exact) mass is 459 g/mol. The summed E-state index contributed by atoms with van der Waals surface area (Å²) in [5.74, 6) is -0.735. The number of anilines is 1. The topological polar surface area (TPSA) is 73.2 Å². The maximum absolute atomic E-state index is 13.3. The van der Waals surface area contributed by atoms with Gasteiger partial charge in [0.1, 0.15) is 16.7 Å². The van der Waals surface area contributed by atoms with Crippen molar-refractivity contribution in [3.63, 3.8) is 0 Å². The van der Waals surface area contributed by atoms with E-state index in [9.17, 15) is 14.9 Å². The maximum atomic E-state index is 13.3. The zero-order chi connectivity index (χ0) is 21.8. The van der Waals surface area contributed by atoms with Crippen molar-refractivity contribution in [2.75, 3.05) is 11.9 Å². The second kappa shape index (κ2) is 9.57. The molecule has 1 fully saturated rings. The Morgan fingerprint density at radius 3 is 2.33 bits per heavy atom. The van der Waals surface area contributed by atoms with Crippen LogP contribution in [0.2, 0.25) is 10.0 Å². The average Bonchev–Trinajstić information content (AvgIpc) is 3.03. The predicted octanol–water partition coefficient (Wildman–Crippen LogP) is 4.73. The van der Waals surface area contributed by atoms with Crippen molar-refractivity contribution in [2.45, 2.75) is 25.0 Å². The van der Waals surface area contributed by atoms with E-state index in [4.69, 9.17) is 23.2 Å². The van der Waals surface area contributed by atoms with E-state index < -0.39 is 11.2 Å². The van der Waals surface area contributed by atoms with E-state index in [1.54, 1.807) is 18.2 Å². The van der Waals surface area contributed by atoms with Crippen LogP contribution in [0.1, 0.15) is 18.1 Å². The van der Waals surface area contributed by atoms with Gasteiger partial charge in [0.05, 0.1) is 5.25 Å². The van der Waals surface area contributed by atoms with Gasteiger partial charge < -0.3 is 5.32 Å². The third-order valence-corrected chi connectivity index (χ3v) is 6.38. The molecule has 0 aliphatic carbocycles. The number of benzene rings is 2. The van der Waals surface area contributed by atoms with Crippen LogP contribution in [0.15, 0.2) is 53.1 Å². The Morgan fingerprint density at radius 2 is 1.80 bits per heavy atom. The Bertz CT molecular complexity index is 1040. The van der Waals surface area contributed by atoms with E-state index in [-0.39, 0.29) is 11.5 Å². The highest BCUT2D eigenvalue weighted by molar-refractivity contribution is 8.05. The minimum Gasteiger partial charge on any atom is -0.354 e. The number of carbonyl (C=O) groups excluding carboxylic acids is 2. The lowest BCUT2D eigenvalue weighted by molar-refractivity contribution is -0.117. The highest BCUT2D eigenvalue weighted by Crippen LogP contribution is 2.42. The molecule has 3 rings (SSSR count). The molecule has 0 spiro atoms. The highest BCUT2D eigenvalue weighted by atomic mass is 35.5. The minimum absolute atomic E-state index is 0.0953. The largest absolute Gasteiger partial charge is 0.354 e. The van der Waals surface area contributed by atoms with Crippen molar-refractivity contribution in [3.8, 4) is 6.07 Å². The quantitative estimate of drug-likeness (QED) is 0.517. The number of carbonyl (C=O) groups is 2. The van der Waals surface area contributed by atoms with Crippen molar-refractivity contribution in [1.82, 2.24) is 5.32 Å². The van der Waals surface area contributed by atoms with E-state index in [1.165, 1.54) is 23.7 Å². The summed E-state index contributed by atoms with van der Waals surface area (Å²) in [5.41, 5.74) is 2.45. The summed E-state index contributed by atoms with van der Waals surface area (Å²) in [6, 6.07) is 14.6. The molecule has 1 N–H and O–H groups in total. The van der Waals surface area contributed by atoms with Gasteiger partial charge >= 0.3 is 0 Å². The lowest BCUT2D eigenvalue weighted by Crippen LogP contribution is -2.31. The molecule has 1 saturated heterocycles. The molecule has 2 amide bonds. The molecule has 1 atom stereocenters. The van der Waals surface area contributed by atoms with Gasteiger partial charge in [-0.25, -0.2) is 0 Å². The highest BCUT2D eigenvalue weighted by Gasteiger charge is 2.40. The van der Waals surface area contributed by atoms with Crippen LogP contribution in [-0.2, 0) is 22.4 Å². The molecule has 2 aromatic rings. The number of halogens is 2. The number of hydrogen-bond donors (Lipinski definition) is 1. The zero-order valence-corrected chi connectivity index (χ0v) is 18.7. The smallest absolute Gasteiger partial charge is 0.264 e. The summed E-state index contributed by atoms with van der Waals surface area (Å²) >= 11 is 13.4. The third-order valence-electron chi connectivity index (χ3n) is 4.68. The first-order chi connectivity index (χ1) is 14.4. The van der Waals surface area contributed by atoms with Crippen LogP contribution in [0.25, 0.3) is 0 Å². The van der Waals surface area contributed by atoms with Gasteiger partial charge in [-0.3, -0.25) is 14.5 Å². The summed E-state index contributed by atoms with van der Waals surface area (Å²) in [4.78, 5) is 27.1. The number of likely N-dealkylation sites (N-methyl/N-ethyl adjacent to an activating group) is 1. The summed E-state index contributed by atoms with van der Waals surface area (Å²) < 4.78 is 0. The molecule has 154 valence electrons. The number of amides is 2. The zero-order valence-electron chi connectivity index (χ0n) is 16.4. The number of nitrogens with one attached hydrogen (secondary N) is 1. The van der Waals surface area contributed by atoms with E-state index in [2.05, 4.69) is 5.32 Å². The standard InChI is InChI=1S/C22H19Cl2N3O2S/c1-3-13-4-6-17(7-5-13)27-21(29)19(10-14-8-15(23)11-16(24)9-14)30-22(27)18(12-25)20(28)26-2/h4-9,11,19H,3,10H2,1-2H3,(H,26,28)/b22-18-. The molecule has 1 heterocycles. The lowest BCUT2D eigenvalue weighted by Gasteiger charge is -2.19. The molecular weight excluding hydrogens is 441 g/mol. The van der Waals surface area contributed by atoms with Gasteiger partial charge in [0.25, 0.3) is 5.91 Å². The van der Waals surface area contributed by atoms with Crippen molar-refractivity contribution < 1.29 is 9.59 Å². The molecule has 0 bridgehead atoms. The SMILES string of the molecule is CCc1ccc(N2C(=O)C(Cc3cc(Cl)cc(Cl)c3)S/C2=C(/C#N)C(=O)NC)cc1. The van der Waals surface area contributed by atoms with Gasteiger partial charge in [-0.1, -0.05) is 54.0 Å². The number of hydrogen-bond acceptors (Lipinski definition) is 4. The number of nitriles is 1. The Kier molecular flexibility index (Phi) is 7.09. The van der Waals surface area contributed by atoms with Gasteiger partial charge in [-0.15, -0.1) is 0 Å². The Balaban J connectivity index is 2.04. The molecule has 2 aromatic carbocycles. The molecule has 8 heteroatoms. The number of rotatable bonds is 5. The average molecular weight is 460 g/mol. The number of thioether (sulfide) groups is 1. The molecule has 30 heavy (non-hydrogen) atoms. The van der Waals surface area contributed by atoms with Gasteiger partial charge in [-0.2, -0.15) is 5.26 Å². The fourth-order valence-electron chi connectivity index (χ4n) is 3.17. The van der Waals surface area contributed by atoms with Crippen LogP contribution in [0.4, 0.5) is 5.69 Å². The molecule has 0 radical (unpaired) electrons. The molecular formula is C22H19Cl2N3O2S. The Morgan fingerprint density at radius 1 is 1.17 bits per heavy atom. The van der Waals surface area contributed by atoms with Crippen LogP contribution in [0.3, 0.4) is 0 Å². The van der Waals surface area contributed by atoms with Gasteiger partial charge in [-0.05, 0) is 54.3 Å². The number of nitrogens with zero attached hydrogens (tertiary/aromatic N) is 2. The van der Waals surface area contributed by atoms with Gasteiger partial charge in [0.2, 0.25) is 5.91 Å². The van der Waals surface area contributed by atoms with Gasteiger partial charge in [0, 0.05) is 22.8 Å². The van der Waals surface area contributed by atoms with Crippen LogP contribution in [0.5, 0.6) is 0 Å². The first kappa shape index (κ1) is 22.2. The van der Waals surface area contributed by atoms with Crippen LogP contribution in [0, 0.1) is 11.3 Å². The molecule has 1 unspecified atom stereocenters.